The topological polar surface area (TPSA) is 93.4 Å². The fourth-order valence-corrected chi connectivity index (χ4v) is 4.06. The van der Waals surface area contributed by atoms with Crippen LogP contribution in [0.15, 0.2) is 61.2 Å². The van der Waals surface area contributed by atoms with Gasteiger partial charge in [-0.1, -0.05) is 36.7 Å². The number of benzene rings is 1. The van der Waals surface area contributed by atoms with E-state index in [2.05, 4.69) is 48.3 Å². The minimum absolute atomic E-state index is 0.340. The second kappa shape index (κ2) is 9.69. The van der Waals surface area contributed by atoms with Crippen molar-refractivity contribution in [3.05, 3.63) is 83.0 Å². The van der Waals surface area contributed by atoms with Gasteiger partial charge in [0.05, 0.1) is 12.2 Å². The first-order valence-electron chi connectivity index (χ1n) is 11.3. The van der Waals surface area contributed by atoms with Gasteiger partial charge in [0.25, 0.3) is 0 Å². The number of imidazole rings is 1. The maximum Gasteiger partial charge on any atom is 0.413 e. The molecule has 0 radical (unpaired) electrons. The Morgan fingerprint density at radius 3 is 2.82 bits per heavy atom. The van der Waals surface area contributed by atoms with E-state index in [-0.39, 0.29) is 0 Å². The van der Waals surface area contributed by atoms with Crippen LogP contribution in [0, 0.1) is 0 Å². The number of hydrogen-bond donors (Lipinski definition) is 2. The van der Waals surface area contributed by atoms with Crippen molar-refractivity contribution in [1.29, 1.82) is 0 Å². The number of anilines is 2. The van der Waals surface area contributed by atoms with E-state index in [1.165, 1.54) is 24.7 Å². The Morgan fingerprint density at radius 1 is 1.18 bits per heavy atom. The van der Waals surface area contributed by atoms with Crippen LogP contribution in [0.2, 0.25) is 5.02 Å². The monoisotopic (exact) mass is 476 g/mol. The molecule has 1 atom stereocenters. The highest BCUT2D eigenvalue weighted by Gasteiger charge is 2.23. The van der Waals surface area contributed by atoms with Gasteiger partial charge in [-0.25, -0.2) is 19.7 Å². The van der Waals surface area contributed by atoms with Gasteiger partial charge in [0.1, 0.15) is 29.7 Å². The van der Waals surface area contributed by atoms with Gasteiger partial charge < -0.3 is 14.5 Å². The van der Waals surface area contributed by atoms with Crippen molar-refractivity contribution >= 4 is 35.0 Å². The highest BCUT2D eigenvalue weighted by atomic mass is 35.5. The lowest BCUT2D eigenvalue weighted by atomic mass is 10.1. The molecule has 3 aromatic heterocycles. The average molecular weight is 477 g/mol. The Hall–Kier alpha value is -3.65. The van der Waals surface area contributed by atoms with Crippen molar-refractivity contribution < 1.29 is 9.53 Å². The maximum atomic E-state index is 12.4. The molecule has 9 heteroatoms. The van der Waals surface area contributed by atoms with Crippen molar-refractivity contribution in [1.82, 2.24) is 19.4 Å². The third-order valence-electron chi connectivity index (χ3n) is 5.76. The summed E-state index contributed by atoms with van der Waals surface area (Å²) < 4.78 is 7.64. The summed E-state index contributed by atoms with van der Waals surface area (Å²) in [7, 11) is 0. The molecule has 8 nitrogen and oxygen atoms in total. The van der Waals surface area contributed by atoms with Crippen LogP contribution in [0.25, 0.3) is 5.65 Å². The molecule has 1 saturated carbocycles. The molecule has 5 rings (SSSR count). The number of fused-ring (bicyclic) bond motifs is 1. The first kappa shape index (κ1) is 22.2. The number of halogens is 1. The maximum absolute atomic E-state index is 12.4. The van der Waals surface area contributed by atoms with E-state index >= 15 is 0 Å². The van der Waals surface area contributed by atoms with Crippen LogP contribution in [0.4, 0.5) is 16.4 Å². The summed E-state index contributed by atoms with van der Waals surface area (Å²) in [6.45, 7) is 2.44. The molecular formula is C25H25ClN6O2. The van der Waals surface area contributed by atoms with E-state index < -0.39 is 12.2 Å². The minimum atomic E-state index is -0.594. The summed E-state index contributed by atoms with van der Waals surface area (Å²) in [6, 6.07) is 13.2. The molecular weight excluding hydrogens is 452 g/mol. The Morgan fingerprint density at radius 2 is 2.03 bits per heavy atom. The van der Waals surface area contributed by atoms with Gasteiger partial charge >= 0.3 is 6.09 Å². The van der Waals surface area contributed by atoms with Crippen LogP contribution in [-0.2, 0) is 11.3 Å². The largest absolute Gasteiger partial charge is 0.441 e. The molecule has 174 valence electrons. The lowest BCUT2D eigenvalue weighted by Crippen LogP contribution is -2.18. The number of amides is 1. The molecule has 2 N–H and O–H groups in total. The predicted octanol–water partition coefficient (Wildman–Crippen LogP) is 5.97. The Kier molecular flexibility index (Phi) is 6.31. The molecule has 1 unspecified atom stereocenters. The van der Waals surface area contributed by atoms with Crippen molar-refractivity contribution in [3.63, 3.8) is 0 Å². The quantitative estimate of drug-likeness (QED) is 0.325. The number of carbonyl (C=O) groups excluding carboxylic acids is 1. The lowest BCUT2D eigenvalue weighted by molar-refractivity contribution is 0.108. The van der Waals surface area contributed by atoms with E-state index in [0.717, 1.165) is 16.9 Å². The molecule has 1 aromatic carbocycles. The van der Waals surface area contributed by atoms with Gasteiger partial charge in [0.2, 0.25) is 0 Å². The molecule has 0 aliphatic heterocycles. The van der Waals surface area contributed by atoms with Crippen LogP contribution < -0.4 is 10.6 Å². The normalized spacial score (nSPS) is 14.1. The molecule has 4 aromatic rings. The van der Waals surface area contributed by atoms with Gasteiger partial charge in [-0.05, 0) is 54.5 Å². The van der Waals surface area contributed by atoms with Gasteiger partial charge in [-0.2, -0.15) is 0 Å². The van der Waals surface area contributed by atoms with Crippen LogP contribution >= 0.6 is 11.6 Å². The van der Waals surface area contributed by atoms with Crippen molar-refractivity contribution in [3.8, 4) is 0 Å². The molecule has 0 saturated heterocycles. The standard InChI is InChI=1S/C25H25ClN6O2/c1-2-21(17-4-3-5-19(26)10-17)34-25(33)31-23-11-22(28-15-29-23)27-12-20-14-32-13-18(16-6-7-16)8-9-24(32)30-20/h3-5,8-11,13-16,21H,2,6-7,12H2,1H3,(H2,27,28,29,31,33). The number of nitrogens with one attached hydrogen (secondary N) is 2. The first-order valence-corrected chi connectivity index (χ1v) is 11.7. The zero-order valence-corrected chi connectivity index (χ0v) is 19.5. The highest BCUT2D eigenvalue weighted by molar-refractivity contribution is 6.30. The van der Waals surface area contributed by atoms with E-state index in [0.29, 0.717) is 35.5 Å². The molecule has 0 spiro atoms. The summed E-state index contributed by atoms with van der Waals surface area (Å²) in [5.74, 6) is 1.61. The summed E-state index contributed by atoms with van der Waals surface area (Å²) >= 11 is 6.06. The lowest BCUT2D eigenvalue weighted by Gasteiger charge is -2.17. The molecule has 1 amide bonds. The molecule has 1 aliphatic carbocycles. The number of aromatic nitrogens is 4. The van der Waals surface area contributed by atoms with Crippen molar-refractivity contribution in [2.24, 2.45) is 0 Å². The average Bonchev–Trinajstić information content (AvgIpc) is 3.60. The fraction of sp³-hybridized carbons (Fsp3) is 0.280. The SMILES string of the molecule is CCC(OC(=O)Nc1cc(NCc2cn3cc(C4CC4)ccc3n2)ncn1)c1cccc(Cl)c1. The van der Waals surface area contributed by atoms with Crippen LogP contribution in [0.5, 0.6) is 0 Å². The third-order valence-corrected chi connectivity index (χ3v) is 6.00. The van der Waals surface area contributed by atoms with Gasteiger partial charge in [0.15, 0.2) is 0 Å². The van der Waals surface area contributed by atoms with Gasteiger partial charge in [0, 0.05) is 23.5 Å². The summed E-state index contributed by atoms with van der Waals surface area (Å²) in [6.07, 6.45) is 7.72. The Bertz CT molecular complexity index is 1320. The van der Waals surface area contributed by atoms with Crippen molar-refractivity contribution in [2.75, 3.05) is 10.6 Å². The number of pyridine rings is 1. The minimum Gasteiger partial charge on any atom is -0.441 e. The first-order chi connectivity index (χ1) is 16.6. The van der Waals surface area contributed by atoms with E-state index in [9.17, 15) is 4.79 Å². The van der Waals surface area contributed by atoms with Gasteiger partial charge in [-0.3, -0.25) is 5.32 Å². The molecule has 1 aliphatic rings. The highest BCUT2D eigenvalue weighted by Crippen LogP contribution is 2.39. The van der Waals surface area contributed by atoms with E-state index in [1.807, 2.05) is 25.3 Å². The van der Waals surface area contributed by atoms with Crippen molar-refractivity contribution in [2.45, 2.75) is 44.8 Å². The van der Waals surface area contributed by atoms with Crippen LogP contribution in [0.3, 0.4) is 0 Å². The molecule has 1 fully saturated rings. The Labute approximate surface area is 202 Å². The summed E-state index contributed by atoms with van der Waals surface area (Å²) in [4.78, 5) is 25.5. The van der Waals surface area contributed by atoms with Crippen LogP contribution in [0.1, 0.15) is 55.0 Å². The number of ether oxygens (including phenoxy) is 1. The summed E-state index contributed by atoms with van der Waals surface area (Å²) in [5.41, 5.74) is 4.02. The number of hydrogen-bond acceptors (Lipinski definition) is 6. The predicted molar refractivity (Wildman–Crippen MR) is 131 cm³/mol. The zero-order valence-electron chi connectivity index (χ0n) is 18.7. The fourth-order valence-electron chi connectivity index (χ4n) is 3.87. The molecule has 3 heterocycles. The number of nitrogens with zero attached hydrogens (tertiary/aromatic N) is 4. The molecule has 34 heavy (non-hydrogen) atoms. The smallest absolute Gasteiger partial charge is 0.413 e. The second-order valence-electron chi connectivity index (χ2n) is 8.36. The van der Waals surface area contributed by atoms with Crippen LogP contribution in [-0.4, -0.2) is 25.4 Å². The second-order valence-corrected chi connectivity index (χ2v) is 8.80. The number of carbonyl (C=O) groups is 1. The van der Waals surface area contributed by atoms with Gasteiger partial charge in [-0.15, -0.1) is 0 Å². The Balaban J connectivity index is 1.19. The zero-order chi connectivity index (χ0) is 23.5. The summed E-state index contributed by atoms with van der Waals surface area (Å²) in [5, 5.41) is 6.50. The third kappa shape index (κ3) is 5.28. The van der Waals surface area contributed by atoms with E-state index in [4.69, 9.17) is 16.3 Å². The van der Waals surface area contributed by atoms with E-state index in [1.54, 1.807) is 18.2 Å². The number of rotatable bonds is 8. The molecule has 0 bridgehead atoms.